The van der Waals surface area contributed by atoms with E-state index in [9.17, 15) is 13.2 Å². The minimum atomic E-state index is -4.67. The molecule has 3 heterocycles. The normalized spacial score (nSPS) is 17.6. The highest BCUT2D eigenvalue weighted by Crippen LogP contribution is 2.34. The zero-order valence-corrected chi connectivity index (χ0v) is 16.4. The third kappa shape index (κ3) is 5.52. The molecule has 0 aliphatic carbocycles. The van der Waals surface area contributed by atoms with Gasteiger partial charge in [-0.15, -0.1) is 10.2 Å². The molecule has 0 unspecified atom stereocenters. The molecule has 1 saturated heterocycles. The van der Waals surface area contributed by atoms with E-state index in [1.54, 1.807) is 0 Å². The molecule has 3 rings (SSSR count). The number of alkyl halides is 3. The molecule has 12 heteroatoms. The molecule has 2 aromatic heterocycles. The number of ether oxygens (including phenoxy) is 1. The van der Waals surface area contributed by atoms with Crippen LogP contribution in [-0.2, 0) is 10.9 Å². The van der Waals surface area contributed by atoms with Gasteiger partial charge in [0.15, 0.2) is 17.2 Å². The van der Waals surface area contributed by atoms with E-state index in [0.717, 1.165) is 6.54 Å². The summed E-state index contributed by atoms with van der Waals surface area (Å²) in [5, 5.41) is 21.2. The van der Waals surface area contributed by atoms with Gasteiger partial charge in [-0.05, 0) is 13.8 Å². The van der Waals surface area contributed by atoms with Crippen LogP contribution in [0.4, 0.5) is 30.5 Å². The number of hydrogen-bond acceptors (Lipinski definition) is 9. The number of hydrogen-bond donors (Lipinski definition) is 2. The van der Waals surface area contributed by atoms with Gasteiger partial charge >= 0.3 is 6.18 Å². The highest BCUT2D eigenvalue weighted by molar-refractivity contribution is 5.60. The van der Waals surface area contributed by atoms with E-state index in [2.05, 4.69) is 49.5 Å². The summed E-state index contributed by atoms with van der Waals surface area (Å²) in [5.74, 6) is 0.273. The molecule has 0 radical (unpaired) electrons. The maximum Gasteiger partial charge on any atom is 0.437 e. The van der Waals surface area contributed by atoms with Crippen LogP contribution in [0, 0.1) is 11.3 Å². The van der Waals surface area contributed by atoms with Crippen LogP contribution >= 0.6 is 0 Å². The molecule has 2 aromatic rings. The van der Waals surface area contributed by atoms with E-state index >= 15 is 0 Å². The summed E-state index contributed by atoms with van der Waals surface area (Å²) in [7, 11) is 0. The molecular weight excluding hydrogens is 401 g/mol. The topological polar surface area (TPSA) is 112 Å². The summed E-state index contributed by atoms with van der Waals surface area (Å²) < 4.78 is 45.8. The predicted octanol–water partition coefficient (Wildman–Crippen LogP) is 2.42. The summed E-state index contributed by atoms with van der Waals surface area (Å²) >= 11 is 0. The molecule has 0 bridgehead atoms. The molecular formula is C18H21F3N8O. The third-order valence-corrected chi connectivity index (χ3v) is 4.51. The lowest BCUT2D eigenvalue weighted by atomic mass is 10.2. The second-order valence-electron chi connectivity index (χ2n) is 6.98. The molecule has 0 spiro atoms. The maximum atomic E-state index is 13.4. The second-order valence-corrected chi connectivity index (χ2v) is 6.98. The van der Waals surface area contributed by atoms with Crippen LogP contribution in [0.3, 0.4) is 0 Å². The lowest BCUT2D eigenvalue weighted by molar-refractivity contribution is -0.141. The molecule has 9 nitrogen and oxygen atoms in total. The number of morpholine rings is 1. The molecule has 1 atom stereocenters. The number of rotatable bonds is 6. The largest absolute Gasteiger partial charge is 0.437 e. The van der Waals surface area contributed by atoms with Crippen molar-refractivity contribution in [3.05, 3.63) is 29.8 Å². The Labute approximate surface area is 171 Å². The Kier molecular flexibility index (Phi) is 6.63. The molecule has 1 fully saturated rings. The summed E-state index contributed by atoms with van der Waals surface area (Å²) in [6.45, 7) is 6.25. The van der Waals surface area contributed by atoms with Crippen LogP contribution in [0.25, 0.3) is 0 Å². The smallest absolute Gasteiger partial charge is 0.380 e. The van der Waals surface area contributed by atoms with Gasteiger partial charge in [-0.2, -0.15) is 18.4 Å². The van der Waals surface area contributed by atoms with Crippen LogP contribution in [0.15, 0.2) is 18.5 Å². The third-order valence-electron chi connectivity index (χ3n) is 4.51. The lowest BCUT2D eigenvalue weighted by Crippen LogP contribution is -2.48. The van der Waals surface area contributed by atoms with Gasteiger partial charge in [-0.25, -0.2) is 9.97 Å². The van der Waals surface area contributed by atoms with Crippen LogP contribution in [-0.4, -0.2) is 63.5 Å². The van der Waals surface area contributed by atoms with Gasteiger partial charge in [0, 0.05) is 31.7 Å². The fraction of sp³-hybridized carbons (Fsp3) is 0.500. The van der Waals surface area contributed by atoms with Crippen molar-refractivity contribution in [3.63, 3.8) is 0 Å². The highest BCUT2D eigenvalue weighted by Gasteiger charge is 2.37. The van der Waals surface area contributed by atoms with Gasteiger partial charge in [0.25, 0.3) is 0 Å². The Bertz CT molecular complexity index is 898. The zero-order chi connectivity index (χ0) is 21.7. The Morgan fingerprint density at radius 3 is 2.70 bits per heavy atom. The van der Waals surface area contributed by atoms with E-state index in [1.165, 1.54) is 18.5 Å². The number of halogens is 3. The summed E-state index contributed by atoms with van der Waals surface area (Å²) in [6, 6.07) is 3.36. The zero-order valence-electron chi connectivity index (χ0n) is 16.4. The Morgan fingerprint density at radius 1 is 1.27 bits per heavy atom. The monoisotopic (exact) mass is 422 g/mol. The molecule has 2 N–H and O–H groups in total. The maximum absolute atomic E-state index is 13.4. The first-order valence-electron chi connectivity index (χ1n) is 9.30. The van der Waals surface area contributed by atoms with Crippen molar-refractivity contribution >= 4 is 17.3 Å². The number of nitrogens with zero attached hydrogens (tertiary/aromatic N) is 6. The van der Waals surface area contributed by atoms with E-state index in [1.807, 2.05) is 6.07 Å². The van der Waals surface area contributed by atoms with Crippen molar-refractivity contribution in [1.82, 2.24) is 25.1 Å². The first kappa shape index (κ1) is 21.7. The first-order valence-corrected chi connectivity index (χ1v) is 9.30. The minimum Gasteiger partial charge on any atom is -0.380 e. The van der Waals surface area contributed by atoms with Crippen molar-refractivity contribution < 1.29 is 17.9 Å². The second kappa shape index (κ2) is 9.19. The Morgan fingerprint density at radius 2 is 2.07 bits per heavy atom. The van der Waals surface area contributed by atoms with Crippen LogP contribution in [0.5, 0.6) is 0 Å². The average Bonchev–Trinajstić information content (AvgIpc) is 2.72. The van der Waals surface area contributed by atoms with Gasteiger partial charge in [0.1, 0.15) is 11.9 Å². The molecule has 0 saturated carbocycles. The lowest BCUT2D eigenvalue weighted by Gasteiger charge is -2.35. The van der Waals surface area contributed by atoms with E-state index in [0.29, 0.717) is 19.2 Å². The van der Waals surface area contributed by atoms with E-state index in [4.69, 9.17) is 10.00 Å². The van der Waals surface area contributed by atoms with E-state index in [-0.39, 0.29) is 35.7 Å². The first-order chi connectivity index (χ1) is 14.3. The molecule has 0 aromatic carbocycles. The van der Waals surface area contributed by atoms with Gasteiger partial charge in [0.05, 0.1) is 30.8 Å². The van der Waals surface area contributed by atoms with Crippen molar-refractivity contribution in [2.45, 2.75) is 32.2 Å². The number of nitrogens with one attached hydrogen (secondary N) is 2. The molecule has 1 aliphatic rings. The van der Waals surface area contributed by atoms with Crippen LogP contribution in [0.1, 0.15) is 25.2 Å². The molecule has 0 amide bonds. The van der Waals surface area contributed by atoms with Crippen LogP contribution < -0.4 is 10.6 Å². The number of aromatic nitrogens is 4. The molecule has 160 valence electrons. The summed E-state index contributed by atoms with van der Waals surface area (Å²) in [5.41, 5.74) is -1.22. The number of anilines is 3. The van der Waals surface area contributed by atoms with Gasteiger partial charge in [-0.1, -0.05) is 0 Å². The van der Waals surface area contributed by atoms with Crippen LogP contribution in [0.2, 0.25) is 0 Å². The van der Waals surface area contributed by atoms with Crippen molar-refractivity contribution in [3.8, 4) is 6.07 Å². The molecule has 1 aliphatic heterocycles. The average molecular weight is 422 g/mol. The fourth-order valence-electron chi connectivity index (χ4n) is 2.94. The van der Waals surface area contributed by atoms with Gasteiger partial charge < -0.3 is 15.4 Å². The molecule has 30 heavy (non-hydrogen) atoms. The standard InChI is InChI=1S/C18H21F3N8O/c1-11(2)29-3-4-30-13(10-29)8-24-14-5-15(27-28-17(14)18(19,20)21)26-16-9-23-12(6-22)7-25-16/h5,7,9,11,13H,3-4,8,10H2,1-2H3,(H2,24,25,26,27)/t13-/m1/s1. The van der Waals surface area contributed by atoms with Gasteiger partial charge in [-0.3, -0.25) is 4.90 Å². The van der Waals surface area contributed by atoms with Crippen molar-refractivity contribution in [2.75, 3.05) is 36.9 Å². The Balaban J connectivity index is 1.75. The van der Waals surface area contributed by atoms with E-state index < -0.39 is 11.9 Å². The Hall–Kier alpha value is -3.04. The number of nitriles is 1. The highest BCUT2D eigenvalue weighted by atomic mass is 19.4. The quantitative estimate of drug-likeness (QED) is 0.725. The SMILES string of the molecule is CC(C)N1CCO[C@H](CNc2cc(Nc3cnc(C#N)cn3)nnc2C(F)(F)F)C1. The summed E-state index contributed by atoms with van der Waals surface area (Å²) in [6.07, 6.45) is -2.41. The minimum absolute atomic E-state index is 0.0536. The van der Waals surface area contributed by atoms with Gasteiger partial charge in [0.2, 0.25) is 0 Å². The van der Waals surface area contributed by atoms with Crippen molar-refractivity contribution in [1.29, 1.82) is 5.26 Å². The summed E-state index contributed by atoms with van der Waals surface area (Å²) in [4.78, 5) is 10.0. The fourth-order valence-corrected chi connectivity index (χ4v) is 2.94. The predicted molar refractivity (Wildman–Crippen MR) is 102 cm³/mol. The van der Waals surface area contributed by atoms with Crippen molar-refractivity contribution in [2.24, 2.45) is 0 Å².